The number of rotatable bonds is 6. The molecule has 0 saturated heterocycles. The summed E-state index contributed by atoms with van der Waals surface area (Å²) in [7, 11) is 0. The van der Waals surface area contributed by atoms with Crippen LogP contribution in [-0.2, 0) is 4.79 Å². The summed E-state index contributed by atoms with van der Waals surface area (Å²) in [4.78, 5) is 9.89. The van der Waals surface area contributed by atoms with Crippen LogP contribution in [0.1, 0.15) is 12.8 Å². The predicted octanol–water partition coefficient (Wildman–Crippen LogP) is -1.96. The van der Waals surface area contributed by atoms with Gasteiger partial charge >= 0.3 is 0 Å². The van der Waals surface area contributed by atoms with Crippen molar-refractivity contribution >= 4 is 6.29 Å². The van der Waals surface area contributed by atoms with Gasteiger partial charge < -0.3 is 25.2 Å². The number of aliphatic hydroxyl groups excluding tert-OH is 4. The molecule has 3 unspecified atom stereocenters. The average Bonchev–Trinajstić information content (AvgIpc) is 2.04. The molecule has 0 aromatic carbocycles. The van der Waals surface area contributed by atoms with Crippen LogP contribution in [0.5, 0.6) is 0 Å². The van der Waals surface area contributed by atoms with Gasteiger partial charge in [-0.1, -0.05) is 0 Å². The molecule has 3 atom stereocenters. The standard InChI is InChI=1S/C7H14O5/c8-2-1-6(11)7(12)3-5(10)4-9/h2,5-7,9-12H,1,3-4H2. The minimum atomic E-state index is -1.17. The molecule has 0 bridgehead atoms. The first-order valence-corrected chi connectivity index (χ1v) is 3.70. The summed E-state index contributed by atoms with van der Waals surface area (Å²) < 4.78 is 0. The maximum atomic E-state index is 9.89. The fourth-order valence-electron chi connectivity index (χ4n) is 0.766. The van der Waals surface area contributed by atoms with Crippen molar-refractivity contribution in [2.75, 3.05) is 6.61 Å². The molecule has 0 aromatic heterocycles. The zero-order chi connectivity index (χ0) is 9.56. The van der Waals surface area contributed by atoms with Gasteiger partial charge in [0, 0.05) is 12.8 Å². The molecular formula is C7H14O5. The Morgan fingerprint density at radius 3 is 2.17 bits per heavy atom. The van der Waals surface area contributed by atoms with E-state index in [9.17, 15) is 4.79 Å². The first-order valence-electron chi connectivity index (χ1n) is 3.70. The van der Waals surface area contributed by atoms with Crippen LogP contribution >= 0.6 is 0 Å². The topological polar surface area (TPSA) is 98.0 Å². The van der Waals surface area contributed by atoms with Crippen LogP contribution in [0, 0.1) is 0 Å². The van der Waals surface area contributed by atoms with E-state index >= 15 is 0 Å². The number of hydrogen-bond donors (Lipinski definition) is 4. The molecule has 12 heavy (non-hydrogen) atoms. The van der Waals surface area contributed by atoms with Gasteiger partial charge in [-0.25, -0.2) is 0 Å². The molecule has 0 amide bonds. The first kappa shape index (κ1) is 11.5. The zero-order valence-corrected chi connectivity index (χ0v) is 6.63. The third-order valence-electron chi connectivity index (χ3n) is 1.51. The highest BCUT2D eigenvalue weighted by Gasteiger charge is 2.18. The highest BCUT2D eigenvalue weighted by atomic mass is 16.3. The summed E-state index contributed by atoms with van der Waals surface area (Å²) in [6, 6.07) is 0. The second kappa shape index (κ2) is 6.07. The lowest BCUT2D eigenvalue weighted by molar-refractivity contribution is -0.111. The molecule has 0 rings (SSSR count). The minimum absolute atomic E-state index is 0.133. The van der Waals surface area contributed by atoms with E-state index in [1.165, 1.54) is 0 Å². The Morgan fingerprint density at radius 2 is 1.75 bits per heavy atom. The minimum Gasteiger partial charge on any atom is -0.394 e. The molecule has 0 aliphatic carbocycles. The smallest absolute Gasteiger partial charge is 0.122 e. The van der Waals surface area contributed by atoms with E-state index in [0.717, 1.165) is 0 Å². The fourth-order valence-corrected chi connectivity index (χ4v) is 0.766. The van der Waals surface area contributed by atoms with Gasteiger partial charge in [0.1, 0.15) is 6.29 Å². The Bertz CT molecular complexity index is 127. The molecule has 0 fully saturated rings. The van der Waals surface area contributed by atoms with Gasteiger partial charge in [-0.15, -0.1) is 0 Å². The summed E-state index contributed by atoms with van der Waals surface area (Å²) >= 11 is 0. The maximum absolute atomic E-state index is 9.89. The van der Waals surface area contributed by atoms with Crippen molar-refractivity contribution in [3.05, 3.63) is 0 Å². The lowest BCUT2D eigenvalue weighted by Gasteiger charge is -2.17. The lowest BCUT2D eigenvalue weighted by atomic mass is 10.1. The van der Waals surface area contributed by atoms with Crippen molar-refractivity contribution in [3.8, 4) is 0 Å². The van der Waals surface area contributed by atoms with Crippen molar-refractivity contribution in [1.29, 1.82) is 0 Å². The normalized spacial score (nSPS) is 18.3. The van der Waals surface area contributed by atoms with Crippen LogP contribution in [0.3, 0.4) is 0 Å². The van der Waals surface area contributed by atoms with Crippen LogP contribution in [0.25, 0.3) is 0 Å². The summed E-state index contributed by atoms with van der Waals surface area (Å²) in [6.45, 7) is -0.467. The quantitative estimate of drug-likeness (QED) is 0.354. The van der Waals surface area contributed by atoms with Crippen LogP contribution in [0.2, 0.25) is 0 Å². The first-order chi connectivity index (χ1) is 5.61. The van der Waals surface area contributed by atoms with E-state index < -0.39 is 24.9 Å². The summed E-state index contributed by atoms with van der Waals surface area (Å²) in [5.74, 6) is 0. The molecule has 0 radical (unpaired) electrons. The van der Waals surface area contributed by atoms with Crippen molar-refractivity contribution in [1.82, 2.24) is 0 Å². The Balaban J connectivity index is 3.69. The maximum Gasteiger partial charge on any atom is 0.122 e. The molecular weight excluding hydrogens is 164 g/mol. The number of aliphatic hydroxyl groups is 4. The second-order valence-corrected chi connectivity index (χ2v) is 2.61. The molecule has 4 N–H and O–H groups in total. The fraction of sp³-hybridized carbons (Fsp3) is 0.857. The third kappa shape index (κ3) is 4.40. The van der Waals surface area contributed by atoms with Crippen molar-refractivity contribution in [2.24, 2.45) is 0 Å². The lowest BCUT2D eigenvalue weighted by Crippen LogP contribution is -2.31. The number of aldehydes is 1. The van der Waals surface area contributed by atoms with Gasteiger partial charge in [0.15, 0.2) is 0 Å². The molecule has 0 aromatic rings. The largest absolute Gasteiger partial charge is 0.394 e. The Hall–Kier alpha value is -0.490. The van der Waals surface area contributed by atoms with Crippen LogP contribution < -0.4 is 0 Å². The van der Waals surface area contributed by atoms with Gasteiger partial charge in [0.05, 0.1) is 24.9 Å². The third-order valence-corrected chi connectivity index (χ3v) is 1.51. The molecule has 0 saturated carbocycles. The molecule has 0 spiro atoms. The monoisotopic (exact) mass is 178 g/mol. The van der Waals surface area contributed by atoms with Gasteiger partial charge in [-0.05, 0) is 0 Å². The summed E-state index contributed by atoms with van der Waals surface area (Å²) in [5.41, 5.74) is 0. The van der Waals surface area contributed by atoms with Crippen LogP contribution in [0.4, 0.5) is 0 Å². The molecule has 0 aliphatic rings. The van der Waals surface area contributed by atoms with E-state index in [0.29, 0.717) is 6.29 Å². The molecule has 0 aliphatic heterocycles. The number of carbonyl (C=O) groups is 1. The van der Waals surface area contributed by atoms with Crippen molar-refractivity contribution in [2.45, 2.75) is 31.2 Å². The summed E-state index contributed by atoms with van der Waals surface area (Å²) in [6.07, 6.45) is -3.20. The van der Waals surface area contributed by atoms with Gasteiger partial charge in [-0.2, -0.15) is 0 Å². The van der Waals surface area contributed by atoms with Gasteiger partial charge in [-0.3, -0.25) is 0 Å². The van der Waals surface area contributed by atoms with Crippen LogP contribution in [-0.4, -0.2) is 51.6 Å². The molecule has 5 nitrogen and oxygen atoms in total. The van der Waals surface area contributed by atoms with Crippen molar-refractivity contribution in [3.63, 3.8) is 0 Å². The van der Waals surface area contributed by atoms with E-state index in [-0.39, 0.29) is 12.8 Å². The van der Waals surface area contributed by atoms with Gasteiger partial charge in [0.25, 0.3) is 0 Å². The molecule has 72 valence electrons. The van der Waals surface area contributed by atoms with Gasteiger partial charge in [0.2, 0.25) is 0 Å². The number of carbonyl (C=O) groups excluding carboxylic acids is 1. The Kier molecular flexibility index (Phi) is 5.83. The van der Waals surface area contributed by atoms with Crippen LogP contribution in [0.15, 0.2) is 0 Å². The zero-order valence-electron chi connectivity index (χ0n) is 6.63. The Labute approximate surface area is 70.3 Å². The second-order valence-electron chi connectivity index (χ2n) is 2.61. The number of hydrogen-bond acceptors (Lipinski definition) is 5. The highest BCUT2D eigenvalue weighted by molar-refractivity contribution is 5.50. The van der Waals surface area contributed by atoms with E-state index in [2.05, 4.69) is 0 Å². The predicted molar refractivity (Wildman–Crippen MR) is 40.4 cm³/mol. The average molecular weight is 178 g/mol. The Morgan fingerprint density at radius 1 is 1.17 bits per heavy atom. The highest BCUT2D eigenvalue weighted by Crippen LogP contribution is 2.04. The molecule has 5 heteroatoms. The van der Waals surface area contributed by atoms with E-state index in [1.54, 1.807) is 0 Å². The molecule has 0 heterocycles. The summed E-state index contributed by atoms with van der Waals surface area (Å²) in [5, 5.41) is 35.3. The van der Waals surface area contributed by atoms with E-state index in [4.69, 9.17) is 20.4 Å². The van der Waals surface area contributed by atoms with E-state index in [1.807, 2.05) is 0 Å². The SMILES string of the molecule is O=CCC(O)C(O)CC(O)CO. The van der Waals surface area contributed by atoms with Crippen molar-refractivity contribution < 1.29 is 25.2 Å².